The van der Waals surface area contributed by atoms with Gasteiger partial charge in [0.1, 0.15) is 0 Å². The van der Waals surface area contributed by atoms with E-state index in [9.17, 15) is 20.4 Å². The summed E-state index contributed by atoms with van der Waals surface area (Å²) in [4.78, 5) is 4.60. The SMILES string of the molecule is CC(C)[O-].CC(C)[O-].CCN(CCN(CC)Cc1cc(C)c(C)cc1[O-])Cc1cc(C)c(C)cc1[O-].[Ti+4]. The Morgan fingerprint density at radius 2 is 0.838 bits per heavy atom. The number of rotatable bonds is 9. The minimum absolute atomic E-state index is 0. The zero-order valence-electron chi connectivity index (χ0n) is 24.7. The fourth-order valence-corrected chi connectivity index (χ4v) is 3.41. The third-order valence-electron chi connectivity index (χ3n) is 5.77. The third kappa shape index (κ3) is 16.2. The van der Waals surface area contributed by atoms with Crippen molar-refractivity contribution < 1.29 is 42.1 Å². The van der Waals surface area contributed by atoms with Crippen LogP contribution >= 0.6 is 0 Å². The van der Waals surface area contributed by atoms with Gasteiger partial charge in [0, 0.05) is 26.2 Å². The van der Waals surface area contributed by atoms with Gasteiger partial charge < -0.3 is 20.4 Å². The Kier molecular flexibility index (Phi) is 20.0. The molecule has 0 fully saturated rings. The van der Waals surface area contributed by atoms with Crippen molar-refractivity contribution in [2.45, 2.75) is 94.5 Å². The molecule has 0 saturated heterocycles. The molecule has 0 bridgehead atoms. The first-order valence-corrected chi connectivity index (χ1v) is 13.0. The molecule has 2 aromatic rings. The van der Waals surface area contributed by atoms with E-state index in [-0.39, 0.29) is 33.2 Å². The van der Waals surface area contributed by atoms with Gasteiger partial charge in [-0.05, 0) is 74.2 Å². The predicted octanol–water partition coefficient (Wildman–Crippen LogP) is 2.92. The van der Waals surface area contributed by atoms with Crippen molar-refractivity contribution in [1.82, 2.24) is 9.80 Å². The molecule has 0 aromatic heterocycles. The first-order valence-electron chi connectivity index (χ1n) is 13.0. The van der Waals surface area contributed by atoms with Crippen LogP contribution in [0.5, 0.6) is 11.5 Å². The van der Waals surface area contributed by atoms with Gasteiger partial charge in [0.25, 0.3) is 0 Å². The topological polar surface area (TPSA) is 98.7 Å². The molecule has 206 valence electrons. The fourth-order valence-electron chi connectivity index (χ4n) is 3.41. The molecule has 0 amide bonds. The Morgan fingerprint density at radius 3 is 1.08 bits per heavy atom. The minimum atomic E-state index is -0.417. The Morgan fingerprint density at radius 1 is 0.595 bits per heavy atom. The number of aryl methyl sites for hydroxylation is 4. The molecule has 0 aliphatic rings. The van der Waals surface area contributed by atoms with E-state index in [1.165, 1.54) is 11.1 Å². The first-order chi connectivity index (χ1) is 16.7. The van der Waals surface area contributed by atoms with E-state index >= 15 is 0 Å². The van der Waals surface area contributed by atoms with Crippen molar-refractivity contribution >= 4 is 0 Å². The van der Waals surface area contributed by atoms with Crippen LogP contribution in [0, 0.1) is 27.7 Å². The summed E-state index contributed by atoms with van der Waals surface area (Å²) in [5, 5.41) is 43.7. The normalized spacial score (nSPS) is 10.7. The number of benzene rings is 2. The molecule has 37 heavy (non-hydrogen) atoms. The van der Waals surface area contributed by atoms with Crippen LogP contribution in [0.1, 0.15) is 74.9 Å². The number of hydrogen-bond donors (Lipinski definition) is 0. The molecule has 2 aromatic carbocycles. The smallest absolute Gasteiger partial charge is 0.872 e. The zero-order valence-corrected chi connectivity index (χ0v) is 26.3. The summed E-state index contributed by atoms with van der Waals surface area (Å²) in [5.41, 5.74) is 6.16. The van der Waals surface area contributed by atoms with Crippen LogP contribution in [-0.2, 0) is 34.8 Å². The van der Waals surface area contributed by atoms with Crippen LogP contribution in [0.2, 0.25) is 0 Å². The molecule has 0 radical (unpaired) electrons. The molecule has 6 nitrogen and oxygen atoms in total. The van der Waals surface area contributed by atoms with E-state index in [1.54, 1.807) is 39.8 Å². The average Bonchev–Trinajstić information content (AvgIpc) is 2.76. The Labute approximate surface area is 241 Å². The molecule has 0 unspecified atom stereocenters. The summed E-state index contributed by atoms with van der Waals surface area (Å²) in [6.07, 6.45) is -0.833. The van der Waals surface area contributed by atoms with E-state index in [1.807, 2.05) is 26.0 Å². The molecule has 0 heterocycles. The molecule has 0 spiro atoms. The minimum Gasteiger partial charge on any atom is -0.872 e. The van der Waals surface area contributed by atoms with Crippen LogP contribution in [0.25, 0.3) is 0 Å². The zero-order chi connectivity index (χ0) is 28.0. The van der Waals surface area contributed by atoms with Gasteiger partial charge in [0.2, 0.25) is 0 Å². The predicted molar refractivity (Wildman–Crippen MR) is 143 cm³/mol. The number of likely N-dealkylation sites (N-methyl/N-ethyl adjacent to an activating group) is 2. The maximum atomic E-state index is 12.3. The van der Waals surface area contributed by atoms with Crippen LogP contribution in [0.4, 0.5) is 0 Å². The van der Waals surface area contributed by atoms with Gasteiger partial charge in [-0.1, -0.05) is 65.8 Å². The van der Waals surface area contributed by atoms with Crippen molar-refractivity contribution in [3.8, 4) is 11.5 Å². The van der Waals surface area contributed by atoms with Gasteiger partial charge in [0.05, 0.1) is 0 Å². The molecule has 7 heteroatoms. The monoisotopic (exact) mass is 548 g/mol. The van der Waals surface area contributed by atoms with Gasteiger partial charge in [-0.3, -0.25) is 9.80 Å². The maximum absolute atomic E-state index is 12.3. The standard InChI is InChI=1S/C24H36N2O2.2C3H7O.Ti/c1-7-25(15-21-11-17(3)19(5)13-23(21)27)9-10-26(8-2)16-22-12-18(4)20(6)14-24(22)28;2*1-3(2)4;/h11-14,27-28H,7-10,15-16H2,1-6H3;2*3H,1-2H3;/q;2*-1;+4/p-2. The largest absolute Gasteiger partial charge is 4.00 e. The van der Waals surface area contributed by atoms with E-state index in [0.29, 0.717) is 13.1 Å². The molecular formula is C30H48N2O4Ti. The van der Waals surface area contributed by atoms with Crippen LogP contribution < -0.4 is 20.4 Å². The molecule has 2 rings (SSSR count). The van der Waals surface area contributed by atoms with E-state index in [4.69, 9.17) is 0 Å². The van der Waals surface area contributed by atoms with E-state index in [0.717, 1.165) is 48.4 Å². The summed E-state index contributed by atoms with van der Waals surface area (Å²) < 4.78 is 0. The van der Waals surface area contributed by atoms with Gasteiger partial charge in [0.15, 0.2) is 0 Å². The second-order valence-corrected chi connectivity index (χ2v) is 9.92. The Hall–Kier alpha value is -1.41. The number of hydrogen-bond acceptors (Lipinski definition) is 6. The van der Waals surface area contributed by atoms with Crippen molar-refractivity contribution in [2.75, 3.05) is 26.2 Å². The summed E-state index contributed by atoms with van der Waals surface area (Å²) in [6.45, 7) is 23.6. The quantitative estimate of drug-likeness (QED) is 0.447. The van der Waals surface area contributed by atoms with Crippen molar-refractivity contribution in [1.29, 1.82) is 0 Å². The molecule has 0 aliphatic carbocycles. The van der Waals surface area contributed by atoms with Gasteiger partial charge in [-0.2, -0.15) is 0 Å². The molecule has 0 N–H and O–H groups in total. The van der Waals surface area contributed by atoms with Crippen LogP contribution in [-0.4, -0.2) is 48.2 Å². The molecular weight excluding hydrogens is 500 g/mol. The first kappa shape index (κ1) is 37.7. The van der Waals surface area contributed by atoms with Gasteiger partial charge >= 0.3 is 21.7 Å². The summed E-state index contributed by atoms with van der Waals surface area (Å²) in [6, 6.07) is 7.53. The Bertz CT molecular complexity index is 825. The summed E-state index contributed by atoms with van der Waals surface area (Å²) in [5.74, 6) is 0.250. The van der Waals surface area contributed by atoms with E-state index in [2.05, 4.69) is 37.5 Å². The van der Waals surface area contributed by atoms with Crippen LogP contribution in [0.15, 0.2) is 24.3 Å². The van der Waals surface area contributed by atoms with Gasteiger partial charge in [-0.25, -0.2) is 0 Å². The maximum Gasteiger partial charge on any atom is 4.00 e. The fraction of sp³-hybridized carbons (Fsp3) is 0.600. The second-order valence-electron chi connectivity index (χ2n) is 9.92. The van der Waals surface area contributed by atoms with Crippen molar-refractivity contribution in [3.05, 3.63) is 57.6 Å². The third-order valence-corrected chi connectivity index (χ3v) is 5.77. The second kappa shape index (κ2) is 19.6. The molecule has 0 atom stereocenters. The average molecular weight is 549 g/mol. The molecule has 0 aliphatic heterocycles. The van der Waals surface area contributed by atoms with Crippen molar-refractivity contribution in [3.63, 3.8) is 0 Å². The van der Waals surface area contributed by atoms with Crippen molar-refractivity contribution in [2.24, 2.45) is 0 Å². The summed E-state index contributed by atoms with van der Waals surface area (Å²) in [7, 11) is 0. The summed E-state index contributed by atoms with van der Waals surface area (Å²) >= 11 is 0. The van der Waals surface area contributed by atoms with E-state index < -0.39 is 12.2 Å². The number of nitrogens with zero attached hydrogens (tertiary/aromatic N) is 2. The Balaban J connectivity index is 0. The molecule has 0 saturated carbocycles. The van der Waals surface area contributed by atoms with Crippen LogP contribution in [0.3, 0.4) is 0 Å². The van der Waals surface area contributed by atoms with Gasteiger partial charge in [-0.15, -0.1) is 23.7 Å².